The number of primary amides is 1. The van der Waals surface area contributed by atoms with E-state index in [-0.39, 0.29) is 24.0 Å². The van der Waals surface area contributed by atoms with E-state index in [0.29, 0.717) is 18.8 Å². The Hall–Kier alpha value is -1.39. The number of carbonyl (C=O) groups excluding carboxylic acids is 3. The predicted molar refractivity (Wildman–Crippen MR) is 78.9 cm³/mol. The summed E-state index contributed by atoms with van der Waals surface area (Å²) in [4.78, 5) is 34.8. The van der Waals surface area contributed by atoms with Gasteiger partial charge in [-0.1, -0.05) is 33.6 Å². The number of carbonyl (C=O) groups is 3. The number of amides is 2. The number of unbranched alkanes of at least 4 members (excludes halogenated alkanes) is 1. The number of Topliss-reactive ketones (excluding diaryl/α,β-unsaturated/α-hetero) is 1. The summed E-state index contributed by atoms with van der Waals surface area (Å²) in [6, 6.07) is -0.635. The maximum absolute atomic E-state index is 12.2. The van der Waals surface area contributed by atoms with Crippen LogP contribution in [0.25, 0.3) is 0 Å². The third-order valence-corrected chi connectivity index (χ3v) is 3.17. The minimum Gasteiger partial charge on any atom is -0.368 e. The van der Waals surface area contributed by atoms with Crippen LogP contribution >= 0.6 is 0 Å². The molecule has 3 N–H and O–H groups in total. The minimum absolute atomic E-state index is 0.0185. The Balaban J connectivity index is 4.68. The molecule has 0 spiro atoms. The van der Waals surface area contributed by atoms with Crippen molar-refractivity contribution in [1.29, 1.82) is 0 Å². The Kier molecular flexibility index (Phi) is 8.84. The number of nitrogens with one attached hydrogen (secondary N) is 1. The first kappa shape index (κ1) is 18.6. The molecule has 2 atom stereocenters. The summed E-state index contributed by atoms with van der Waals surface area (Å²) in [5, 5.41) is 2.70. The zero-order chi connectivity index (χ0) is 15.7. The Morgan fingerprint density at radius 3 is 2.20 bits per heavy atom. The number of nitrogens with two attached hydrogens (primary N) is 1. The molecule has 0 saturated heterocycles. The van der Waals surface area contributed by atoms with Crippen molar-refractivity contribution < 1.29 is 14.4 Å². The van der Waals surface area contributed by atoms with Gasteiger partial charge in [0.1, 0.15) is 11.8 Å². The molecule has 0 fully saturated rings. The standard InChI is InChI=1S/C15H28N2O3/c1-5-6-7-13(14(16)19)17-15(20)12(8-10(2)3)9-11(4)18/h10,12-13H,5-9H2,1-4H3,(H2,16,19)(H,17,20)/t12-,13+/m1/s1. The van der Waals surface area contributed by atoms with Crippen LogP contribution in [0.1, 0.15) is 59.8 Å². The zero-order valence-corrected chi connectivity index (χ0v) is 13.1. The fourth-order valence-corrected chi connectivity index (χ4v) is 2.18. The Labute approximate surface area is 121 Å². The smallest absolute Gasteiger partial charge is 0.239 e. The molecule has 0 aliphatic carbocycles. The Bertz CT molecular complexity index is 340. The monoisotopic (exact) mass is 284 g/mol. The average molecular weight is 284 g/mol. The molecule has 5 nitrogen and oxygen atoms in total. The van der Waals surface area contributed by atoms with Gasteiger partial charge in [-0.25, -0.2) is 0 Å². The lowest BCUT2D eigenvalue weighted by Gasteiger charge is -2.21. The van der Waals surface area contributed by atoms with Crippen molar-refractivity contribution in [2.75, 3.05) is 0 Å². The van der Waals surface area contributed by atoms with E-state index in [2.05, 4.69) is 5.32 Å². The summed E-state index contributed by atoms with van der Waals surface area (Å²) < 4.78 is 0. The molecule has 116 valence electrons. The summed E-state index contributed by atoms with van der Waals surface area (Å²) in [6.45, 7) is 7.49. The molecule has 0 unspecified atom stereocenters. The summed E-state index contributed by atoms with van der Waals surface area (Å²) in [5.41, 5.74) is 5.31. The molecule has 0 heterocycles. The third kappa shape index (κ3) is 7.92. The van der Waals surface area contributed by atoms with Crippen molar-refractivity contribution in [3.8, 4) is 0 Å². The first-order chi connectivity index (χ1) is 9.27. The van der Waals surface area contributed by atoms with E-state index in [0.717, 1.165) is 12.8 Å². The van der Waals surface area contributed by atoms with Gasteiger partial charge >= 0.3 is 0 Å². The summed E-state index contributed by atoms with van der Waals surface area (Å²) in [5.74, 6) is -0.842. The Morgan fingerprint density at radius 2 is 1.80 bits per heavy atom. The largest absolute Gasteiger partial charge is 0.368 e. The van der Waals surface area contributed by atoms with Crippen LogP contribution in [0.3, 0.4) is 0 Å². The van der Waals surface area contributed by atoms with Crippen molar-refractivity contribution in [1.82, 2.24) is 5.32 Å². The fraction of sp³-hybridized carbons (Fsp3) is 0.800. The third-order valence-electron chi connectivity index (χ3n) is 3.17. The molecular formula is C15H28N2O3. The van der Waals surface area contributed by atoms with Crippen LogP contribution in [0.2, 0.25) is 0 Å². The van der Waals surface area contributed by atoms with Gasteiger partial charge in [0.15, 0.2) is 0 Å². The highest BCUT2D eigenvalue weighted by Gasteiger charge is 2.25. The van der Waals surface area contributed by atoms with Crippen LogP contribution in [0, 0.1) is 11.8 Å². The molecular weight excluding hydrogens is 256 g/mol. The molecule has 2 amide bonds. The first-order valence-electron chi connectivity index (χ1n) is 7.37. The summed E-state index contributed by atoms with van der Waals surface area (Å²) in [7, 11) is 0. The molecule has 0 aromatic carbocycles. The second-order valence-corrected chi connectivity index (χ2v) is 5.84. The minimum atomic E-state index is -0.635. The molecule has 0 rings (SSSR count). The van der Waals surface area contributed by atoms with E-state index >= 15 is 0 Å². The molecule has 0 saturated carbocycles. The van der Waals surface area contributed by atoms with Crippen molar-refractivity contribution in [2.24, 2.45) is 17.6 Å². The average Bonchev–Trinajstić information content (AvgIpc) is 2.31. The van der Waals surface area contributed by atoms with Crippen LogP contribution in [-0.2, 0) is 14.4 Å². The van der Waals surface area contributed by atoms with Gasteiger partial charge in [-0.15, -0.1) is 0 Å². The molecule has 0 radical (unpaired) electrons. The SMILES string of the molecule is CCCC[C@H](NC(=O)[C@@H](CC(C)=O)CC(C)C)C(N)=O. The van der Waals surface area contributed by atoms with Crippen LogP contribution in [-0.4, -0.2) is 23.6 Å². The molecule has 0 aromatic heterocycles. The van der Waals surface area contributed by atoms with Gasteiger partial charge in [-0.05, 0) is 25.7 Å². The lowest BCUT2D eigenvalue weighted by atomic mass is 9.91. The highest BCUT2D eigenvalue weighted by Crippen LogP contribution is 2.17. The quantitative estimate of drug-likeness (QED) is 0.641. The maximum atomic E-state index is 12.2. The normalized spacial score (nSPS) is 13.8. The van der Waals surface area contributed by atoms with Gasteiger partial charge in [-0.3, -0.25) is 9.59 Å². The molecule has 0 aliphatic heterocycles. The van der Waals surface area contributed by atoms with E-state index in [1.54, 1.807) is 0 Å². The molecule has 0 aliphatic rings. The maximum Gasteiger partial charge on any atom is 0.239 e. The lowest BCUT2D eigenvalue weighted by Crippen LogP contribution is -2.47. The van der Waals surface area contributed by atoms with Gasteiger partial charge in [-0.2, -0.15) is 0 Å². The van der Waals surface area contributed by atoms with Crippen LogP contribution in [0.5, 0.6) is 0 Å². The van der Waals surface area contributed by atoms with Crippen molar-refractivity contribution in [3.63, 3.8) is 0 Å². The lowest BCUT2D eigenvalue weighted by molar-refractivity contribution is -0.132. The van der Waals surface area contributed by atoms with E-state index in [1.807, 2.05) is 20.8 Å². The van der Waals surface area contributed by atoms with Gasteiger partial charge in [0.2, 0.25) is 11.8 Å². The van der Waals surface area contributed by atoms with E-state index in [4.69, 9.17) is 5.73 Å². The first-order valence-corrected chi connectivity index (χ1v) is 7.37. The molecule has 0 bridgehead atoms. The van der Waals surface area contributed by atoms with E-state index in [1.165, 1.54) is 6.92 Å². The number of rotatable bonds is 10. The number of hydrogen-bond donors (Lipinski definition) is 2. The number of hydrogen-bond acceptors (Lipinski definition) is 3. The summed E-state index contributed by atoms with van der Waals surface area (Å²) in [6.07, 6.45) is 3.15. The molecule has 0 aromatic rings. The van der Waals surface area contributed by atoms with Crippen LogP contribution < -0.4 is 11.1 Å². The second kappa shape index (κ2) is 9.50. The van der Waals surface area contributed by atoms with E-state index < -0.39 is 11.9 Å². The van der Waals surface area contributed by atoms with Gasteiger partial charge in [0.25, 0.3) is 0 Å². The van der Waals surface area contributed by atoms with Gasteiger partial charge in [0.05, 0.1) is 0 Å². The van der Waals surface area contributed by atoms with Crippen molar-refractivity contribution in [3.05, 3.63) is 0 Å². The second-order valence-electron chi connectivity index (χ2n) is 5.84. The van der Waals surface area contributed by atoms with Gasteiger partial charge in [0, 0.05) is 12.3 Å². The van der Waals surface area contributed by atoms with Crippen molar-refractivity contribution >= 4 is 17.6 Å². The zero-order valence-electron chi connectivity index (χ0n) is 13.1. The van der Waals surface area contributed by atoms with Crippen LogP contribution in [0.15, 0.2) is 0 Å². The molecule has 5 heteroatoms. The van der Waals surface area contributed by atoms with E-state index in [9.17, 15) is 14.4 Å². The topological polar surface area (TPSA) is 89.3 Å². The van der Waals surface area contributed by atoms with Gasteiger partial charge < -0.3 is 15.8 Å². The number of ketones is 1. The highest BCUT2D eigenvalue weighted by molar-refractivity contribution is 5.90. The van der Waals surface area contributed by atoms with Crippen LogP contribution in [0.4, 0.5) is 0 Å². The Morgan fingerprint density at radius 1 is 1.20 bits per heavy atom. The van der Waals surface area contributed by atoms with Crippen molar-refractivity contribution in [2.45, 2.75) is 65.8 Å². The fourth-order valence-electron chi connectivity index (χ4n) is 2.18. The highest BCUT2D eigenvalue weighted by atomic mass is 16.2. The molecule has 20 heavy (non-hydrogen) atoms. The summed E-state index contributed by atoms with van der Waals surface area (Å²) >= 11 is 0. The predicted octanol–water partition coefficient (Wildman–Crippen LogP) is 1.79.